The normalized spacial score (nSPS) is 21.9. The molecule has 2 rings (SSSR count). The zero-order valence-corrected chi connectivity index (χ0v) is 10.1. The number of rotatable bonds is 3. The summed E-state index contributed by atoms with van der Waals surface area (Å²) in [6, 6.07) is 5.01. The smallest absolute Gasteiger partial charge is 0.146 e. The lowest BCUT2D eigenvalue weighted by molar-refractivity contribution is 0.238. The van der Waals surface area contributed by atoms with Crippen LogP contribution in [0.2, 0.25) is 0 Å². The van der Waals surface area contributed by atoms with Crippen LogP contribution in [0.15, 0.2) is 18.2 Å². The maximum atomic E-state index is 13.9. The summed E-state index contributed by atoms with van der Waals surface area (Å²) < 4.78 is 13.9. The van der Waals surface area contributed by atoms with Gasteiger partial charge in [-0.1, -0.05) is 6.07 Å². The molecule has 0 radical (unpaired) electrons. The van der Waals surface area contributed by atoms with Crippen LogP contribution in [0.5, 0.6) is 0 Å². The molecule has 1 aliphatic rings. The van der Waals surface area contributed by atoms with E-state index >= 15 is 0 Å². The van der Waals surface area contributed by atoms with Crippen molar-refractivity contribution >= 4 is 5.69 Å². The molecule has 1 fully saturated rings. The fourth-order valence-electron chi connectivity index (χ4n) is 2.26. The van der Waals surface area contributed by atoms with Crippen molar-refractivity contribution in [3.8, 4) is 0 Å². The highest BCUT2D eigenvalue weighted by Crippen LogP contribution is 2.27. The van der Waals surface area contributed by atoms with Gasteiger partial charge >= 0.3 is 0 Å². The predicted octanol–water partition coefficient (Wildman–Crippen LogP) is 1.66. The SMILES string of the molecule is C[C@@H](N)c1ccc(N2CCC(CO)C2)c(F)c1. The first-order valence-corrected chi connectivity index (χ1v) is 6.02. The van der Waals surface area contributed by atoms with Gasteiger partial charge in [-0.2, -0.15) is 0 Å². The highest BCUT2D eigenvalue weighted by molar-refractivity contribution is 5.50. The summed E-state index contributed by atoms with van der Waals surface area (Å²) in [6.45, 7) is 3.55. The van der Waals surface area contributed by atoms with Gasteiger partial charge < -0.3 is 15.7 Å². The molecule has 0 bridgehead atoms. The molecular formula is C13H19FN2O. The Morgan fingerprint density at radius 2 is 2.35 bits per heavy atom. The summed E-state index contributed by atoms with van der Waals surface area (Å²) in [5.74, 6) is 0.0425. The van der Waals surface area contributed by atoms with Crippen molar-refractivity contribution in [2.45, 2.75) is 19.4 Å². The van der Waals surface area contributed by atoms with Crippen molar-refractivity contribution < 1.29 is 9.50 Å². The van der Waals surface area contributed by atoms with E-state index in [1.807, 2.05) is 17.9 Å². The molecule has 1 aromatic carbocycles. The van der Waals surface area contributed by atoms with Crippen molar-refractivity contribution in [2.75, 3.05) is 24.6 Å². The van der Waals surface area contributed by atoms with Gasteiger partial charge in [0.1, 0.15) is 5.82 Å². The molecule has 0 saturated carbocycles. The number of hydrogen-bond acceptors (Lipinski definition) is 3. The first-order chi connectivity index (χ1) is 8.11. The number of hydrogen-bond donors (Lipinski definition) is 2. The maximum Gasteiger partial charge on any atom is 0.146 e. The van der Waals surface area contributed by atoms with E-state index in [2.05, 4.69) is 0 Å². The van der Waals surface area contributed by atoms with Crippen LogP contribution < -0.4 is 10.6 Å². The van der Waals surface area contributed by atoms with Crippen LogP contribution in [0.3, 0.4) is 0 Å². The molecule has 0 amide bonds. The van der Waals surface area contributed by atoms with E-state index < -0.39 is 0 Å². The number of anilines is 1. The van der Waals surface area contributed by atoms with E-state index in [1.54, 1.807) is 6.07 Å². The first-order valence-electron chi connectivity index (χ1n) is 6.02. The van der Waals surface area contributed by atoms with Crippen LogP contribution in [-0.2, 0) is 0 Å². The Morgan fingerprint density at radius 3 is 2.88 bits per heavy atom. The number of nitrogens with zero attached hydrogens (tertiary/aromatic N) is 1. The van der Waals surface area contributed by atoms with Gasteiger partial charge in [-0.15, -0.1) is 0 Å². The van der Waals surface area contributed by atoms with Crippen molar-refractivity contribution in [1.29, 1.82) is 0 Å². The molecule has 4 heteroatoms. The number of halogens is 1. The Balaban J connectivity index is 2.17. The van der Waals surface area contributed by atoms with Crippen molar-refractivity contribution in [3.05, 3.63) is 29.6 Å². The molecule has 1 unspecified atom stereocenters. The molecule has 1 aromatic rings. The van der Waals surface area contributed by atoms with Gasteiger partial charge in [0.05, 0.1) is 5.69 Å². The molecule has 1 saturated heterocycles. The van der Waals surface area contributed by atoms with Gasteiger partial charge in [0, 0.05) is 31.7 Å². The molecular weight excluding hydrogens is 219 g/mol. The molecule has 94 valence electrons. The average molecular weight is 238 g/mol. The topological polar surface area (TPSA) is 49.5 Å². The third-order valence-corrected chi connectivity index (χ3v) is 3.38. The molecule has 0 aromatic heterocycles. The molecule has 3 nitrogen and oxygen atoms in total. The van der Waals surface area contributed by atoms with E-state index in [9.17, 15) is 4.39 Å². The molecule has 1 aliphatic heterocycles. The van der Waals surface area contributed by atoms with Gasteiger partial charge in [-0.3, -0.25) is 0 Å². The molecule has 1 heterocycles. The molecule has 0 aliphatic carbocycles. The lowest BCUT2D eigenvalue weighted by Gasteiger charge is -2.20. The standard InChI is InChI=1S/C13H19FN2O/c1-9(15)11-2-3-13(12(14)6-11)16-5-4-10(7-16)8-17/h2-3,6,9-10,17H,4-5,7-8,15H2,1H3/t9-,10?/m1/s1. The second-order valence-corrected chi connectivity index (χ2v) is 4.78. The van der Waals surface area contributed by atoms with Gasteiger partial charge in [-0.25, -0.2) is 4.39 Å². The quantitative estimate of drug-likeness (QED) is 0.842. The zero-order chi connectivity index (χ0) is 12.4. The lowest BCUT2D eigenvalue weighted by atomic mass is 10.1. The van der Waals surface area contributed by atoms with Gasteiger partial charge in [0.25, 0.3) is 0 Å². The van der Waals surface area contributed by atoms with Gasteiger partial charge in [0.2, 0.25) is 0 Å². The number of aliphatic hydroxyl groups excluding tert-OH is 1. The third kappa shape index (κ3) is 2.58. The number of nitrogens with two attached hydrogens (primary N) is 1. The van der Waals surface area contributed by atoms with Crippen LogP contribution in [0.1, 0.15) is 24.9 Å². The highest BCUT2D eigenvalue weighted by Gasteiger charge is 2.23. The van der Waals surface area contributed by atoms with E-state index in [-0.39, 0.29) is 24.4 Å². The van der Waals surface area contributed by atoms with Crippen LogP contribution in [0, 0.1) is 11.7 Å². The van der Waals surface area contributed by atoms with Crippen LogP contribution in [-0.4, -0.2) is 24.8 Å². The second-order valence-electron chi connectivity index (χ2n) is 4.78. The summed E-state index contributed by atoms with van der Waals surface area (Å²) in [5, 5.41) is 9.08. The van der Waals surface area contributed by atoms with E-state index in [0.29, 0.717) is 5.69 Å². The van der Waals surface area contributed by atoms with Crippen molar-refractivity contribution in [2.24, 2.45) is 11.7 Å². The Bertz CT molecular complexity index is 395. The first kappa shape index (κ1) is 12.3. The minimum absolute atomic E-state index is 0.151. The summed E-state index contributed by atoms with van der Waals surface area (Å²) in [6.07, 6.45) is 0.922. The minimum atomic E-state index is -0.224. The predicted molar refractivity (Wildman–Crippen MR) is 66.4 cm³/mol. The summed E-state index contributed by atoms with van der Waals surface area (Å²) in [5.41, 5.74) is 7.14. The Hall–Kier alpha value is -1.13. The van der Waals surface area contributed by atoms with Crippen molar-refractivity contribution in [3.63, 3.8) is 0 Å². The molecule has 3 N–H and O–H groups in total. The third-order valence-electron chi connectivity index (χ3n) is 3.38. The maximum absolute atomic E-state index is 13.9. The monoisotopic (exact) mass is 238 g/mol. The summed E-state index contributed by atoms with van der Waals surface area (Å²) in [4.78, 5) is 1.99. The average Bonchev–Trinajstić information content (AvgIpc) is 2.77. The zero-order valence-electron chi connectivity index (χ0n) is 10.1. The number of benzene rings is 1. The van der Waals surface area contributed by atoms with Crippen molar-refractivity contribution in [1.82, 2.24) is 0 Å². The Morgan fingerprint density at radius 1 is 1.59 bits per heavy atom. The fourth-order valence-corrected chi connectivity index (χ4v) is 2.26. The fraction of sp³-hybridized carbons (Fsp3) is 0.538. The Labute approximate surface area is 101 Å². The van der Waals surface area contributed by atoms with Gasteiger partial charge in [0.15, 0.2) is 0 Å². The van der Waals surface area contributed by atoms with E-state index in [4.69, 9.17) is 10.8 Å². The minimum Gasteiger partial charge on any atom is -0.396 e. The highest BCUT2D eigenvalue weighted by atomic mass is 19.1. The molecule has 2 atom stereocenters. The molecule has 17 heavy (non-hydrogen) atoms. The largest absolute Gasteiger partial charge is 0.396 e. The van der Waals surface area contributed by atoms with Crippen LogP contribution in [0.25, 0.3) is 0 Å². The number of aliphatic hydroxyl groups is 1. The van der Waals surface area contributed by atoms with E-state index in [0.717, 1.165) is 25.1 Å². The van der Waals surface area contributed by atoms with Gasteiger partial charge in [-0.05, 0) is 31.0 Å². The summed E-state index contributed by atoms with van der Waals surface area (Å²) in [7, 11) is 0. The summed E-state index contributed by atoms with van der Waals surface area (Å²) >= 11 is 0. The van der Waals surface area contributed by atoms with E-state index in [1.165, 1.54) is 6.07 Å². The Kier molecular flexibility index (Phi) is 3.64. The lowest BCUT2D eigenvalue weighted by Crippen LogP contribution is -2.22. The molecule has 0 spiro atoms. The van der Waals surface area contributed by atoms with Crippen LogP contribution in [0.4, 0.5) is 10.1 Å². The van der Waals surface area contributed by atoms with Crippen LogP contribution >= 0.6 is 0 Å². The second kappa shape index (κ2) is 5.02.